The van der Waals surface area contributed by atoms with Gasteiger partial charge in [0, 0.05) is 0 Å². The molecule has 0 heterocycles. The summed E-state index contributed by atoms with van der Waals surface area (Å²) < 4.78 is 37.7. The second-order valence-corrected chi connectivity index (χ2v) is 9.62. The van der Waals surface area contributed by atoms with E-state index in [-0.39, 0.29) is 17.8 Å². The first-order chi connectivity index (χ1) is 17.3. The molecule has 0 aliphatic carbocycles. The molecule has 0 unspecified atom stereocenters. The zero-order chi connectivity index (χ0) is 26.0. The SMILES string of the molecule is C=CCOc1ccc(/C=N/NC(=O)c2ccccc2N(Cc2ccccc2)S(C)(=O)=O)cc1OCC. The number of benzene rings is 3. The second kappa shape index (κ2) is 12.6. The van der Waals surface area contributed by atoms with Crippen LogP contribution in [0.15, 0.2) is 90.6 Å². The van der Waals surface area contributed by atoms with Crippen molar-refractivity contribution < 1.29 is 22.7 Å². The number of para-hydroxylation sites is 1. The number of sulfonamides is 1. The topological polar surface area (TPSA) is 97.3 Å². The van der Waals surface area contributed by atoms with Crippen LogP contribution in [0.4, 0.5) is 5.69 Å². The smallest absolute Gasteiger partial charge is 0.273 e. The summed E-state index contributed by atoms with van der Waals surface area (Å²) in [4.78, 5) is 13.0. The van der Waals surface area contributed by atoms with Crippen LogP contribution in [0.5, 0.6) is 11.5 Å². The van der Waals surface area contributed by atoms with Crippen LogP contribution in [0, 0.1) is 0 Å². The molecule has 1 N–H and O–H groups in total. The Hall–Kier alpha value is -4.11. The monoisotopic (exact) mass is 507 g/mol. The number of nitrogens with zero attached hydrogens (tertiary/aromatic N) is 2. The molecule has 36 heavy (non-hydrogen) atoms. The second-order valence-electron chi connectivity index (χ2n) is 7.71. The highest BCUT2D eigenvalue weighted by atomic mass is 32.2. The Labute approximate surface area is 211 Å². The summed E-state index contributed by atoms with van der Waals surface area (Å²) in [6.45, 7) is 6.40. The van der Waals surface area contributed by atoms with Crippen LogP contribution >= 0.6 is 0 Å². The first-order valence-electron chi connectivity index (χ1n) is 11.3. The molecule has 8 nitrogen and oxygen atoms in total. The van der Waals surface area contributed by atoms with Gasteiger partial charge in [0.05, 0.1) is 36.9 Å². The zero-order valence-corrected chi connectivity index (χ0v) is 21.1. The van der Waals surface area contributed by atoms with Crippen molar-refractivity contribution in [3.8, 4) is 11.5 Å². The molecule has 1 amide bonds. The van der Waals surface area contributed by atoms with Crippen molar-refractivity contribution in [2.75, 3.05) is 23.8 Å². The third-order valence-electron chi connectivity index (χ3n) is 4.99. The van der Waals surface area contributed by atoms with Gasteiger partial charge in [0.15, 0.2) is 11.5 Å². The fourth-order valence-corrected chi connectivity index (χ4v) is 4.28. The Morgan fingerprint density at radius 1 is 1.03 bits per heavy atom. The maximum absolute atomic E-state index is 13.0. The van der Waals surface area contributed by atoms with Crippen molar-refractivity contribution in [1.29, 1.82) is 0 Å². The first-order valence-corrected chi connectivity index (χ1v) is 13.1. The van der Waals surface area contributed by atoms with E-state index in [1.54, 1.807) is 48.5 Å². The quantitative estimate of drug-likeness (QED) is 0.223. The third kappa shape index (κ3) is 7.19. The Balaban J connectivity index is 1.81. The maximum atomic E-state index is 13.0. The highest BCUT2D eigenvalue weighted by Crippen LogP contribution is 2.28. The normalized spacial score (nSPS) is 11.2. The lowest BCUT2D eigenvalue weighted by molar-refractivity contribution is 0.0955. The molecule has 3 rings (SSSR count). The largest absolute Gasteiger partial charge is 0.490 e. The Morgan fingerprint density at radius 2 is 1.75 bits per heavy atom. The van der Waals surface area contributed by atoms with Gasteiger partial charge >= 0.3 is 0 Å². The average Bonchev–Trinajstić information content (AvgIpc) is 2.87. The highest BCUT2D eigenvalue weighted by Gasteiger charge is 2.23. The fraction of sp³-hybridized carbons (Fsp3) is 0.185. The van der Waals surface area contributed by atoms with Gasteiger partial charge in [-0.05, 0) is 48.4 Å². The van der Waals surface area contributed by atoms with Crippen LogP contribution in [0.3, 0.4) is 0 Å². The van der Waals surface area contributed by atoms with Crippen molar-refractivity contribution in [3.05, 3.63) is 102 Å². The number of hydrogen-bond donors (Lipinski definition) is 1. The third-order valence-corrected chi connectivity index (χ3v) is 6.12. The molecule has 0 atom stereocenters. The summed E-state index contributed by atoms with van der Waals surface area (Å²) in [6, 6.07) is 21.0. The zero-order valence-electron chi connectivity index (χ0n) is 20.3. The van der Waals surface area contributed by atoms with Gasteiger partial charge in [-0.1, -0.05) is 55.1 Å². The van der Waals surface area contributed by atoms with Crippen molar-refractivity contribution in [2.24, 2.45) is 5.10 Å². The molecular weight excluding hydrogens is 478 g/mol. The Bertz CT molecular complexity index is 1320. The van der Waals surface area contributed by atoms with Gasteiger partial charge in [0.1, 0.15) is 6.61 Å². The number of hydrazone groups is 1. The number of carbonyl (C=O) groups excluding carboxylic acids is 1. The fourth-order valence-electron chi connectivity index (χ4n) is 3.38. The molecule has 0 spiro atoms. The molecule has 0 saturated carbocycles. The summed E-state index contributed by atoms with van der Waals surface area (Å²) in [5.74, 6) is 0.579. The van der Waals surface area contributed by atoms with E-state index in [0.29, 0.717) is 30.3 Å². The number of carbonyl (C=O) groups is 1. The predicted octanol–water partition coefficient (Wildman–Crippen LogP) is 4.38. The van der Waals surface area contributed by atoms with Gasteiger partial charge in [-0.3, -0.25) is 9.10 Å². The summed E-state index contributed by atoms with van der Waals surface area (Å²) in [7, 11) is -3.67. The van der Waals surface area contributed by atoms with E-state index in [2.05, 4.69) is 17.1 Å². The molecule has 0 fully saturated rings. The molecule has 188 valence electrons. The lowest BCUT2D eigenvalue weighted by Gasteiger charge is -2.24. The van der Waals surface area contributed by atoms with Gasteiger partial charge in [-0.2, -0.15) is 5.10 Å². The first kappa shape index (κ1) is 26.5. The number of rotatable bonds is 12. The van der Waals surface area contributed by atoms with E-state index in [1.807, 2.05) is 37.3 Å². The van der Waals surface area contributed by atoms with E-state index in [0.717, 1.165) is 11.8 Å². The average molecular weight is 508 g/mol. The van der Waals surface area contributed by atoms with E-state index in [9.17, 15) is 13.2 Å². The van der Waals surface area contributed by atoms with Gasteiger partial charge in [0.25, 0.3) is 5.91 Å². The van der Waals surface area contributed by atoms with Crippen molar-refractivity contribution in [2.45, 2.75) is 13.5 Å². The van der Waals surface area contributed by atoms with Crippen molar-refractivity contribution >= 4 is 27.8 Å². The van der Waals surface area contributed by atoms with Crippen LogP contribution in [-0.4, -0.2) is 40.0 Å². The molecule has 3 aromatic carbocycles. The van der Waals surface area contributed by atoms with Gasteiger partial charge in [-0.15, -0.1) is 0 Å². The predicted molar refractivity (Wildman–Crippen MR) is 142 cm³/mol. The molecule has 0 aliphatic heterocycles. The molecule has 9 heteroatoms. The number of amides is 1. The van der Waals surface area contributed by atoms with Gasteiger partial charge in [0.2, 0.25) is 10.0 Å². The van der Waals surface area contributed by atoms with Crippen LogP contribution in [-0.2, 0) is 16.6 Å². The Kier molecular flexibility index (Phi) is 9.24. The standard InChI is InChI=1S/C27H29N3O5S/c1-4-17-35-25-16-15-22(18-26(25)34-5-2)19-28-29-27(31)23-13-9-10-14-24(23)30(36(3,32)33)20-21-11-7-6-8-12-21/h4,6-16,18-19H,1,5,17,20H2,2-3H3,(H,29,31)/b28-19+. The maximum Gasteiger partial charge on any atom is 0.273 e. The molecule has 0 saturated heterocycles. The molecule has 0 radical (unpaired) electrons. The summed E-state index contributed by atoms with van der Waals surface area (Å²) >= 11 is 0. The number of nitrogens with one attached hydrogen (secondary N) is 1. The minimum atomic E-state index is -3.67. The molecule has 0 aromatic heterocycles. The van der Waals surface area contributed by atoms with Crippen LogP contribution in [0.25, 0.3) is 0 Å². The molecule has 0 aliphatic rings. The van der Waals surface area contributed by atoms with Crippen LogP contribution in [0.1, 0.15) is 28.4 Å². The molecule has 0 bridgehead atoms. The van der Waals surface area contributed by atoms with Crippen molar-refractivity contribution in [3.63, 3.8) is 0 Å². The van der Waals surface area contributed by atoms with E-state index < -0.39 is 15.9 Å². The highest BCUT2D eigenvalue weighted by molar-refractivity contribution is 7.92. The molecule has 3 aromatic rings. The van der Waals surface area contributed by atoms with Crippen molar-refractivity contribution in [1.82, 2.24) is 5.43 Å². The summed E-state index contributed by atoms with van der Waals surface area (Å²) in [5, 5.41) is 4.05. The van der Waals surface area contributed by atoms with Gasteiger partial charge in [-0.25, -0.2) is 13.8 Å². The van der Waals surface area contributed by atoms with E-state index >= 15 is 0 Å². The van der Waals surface area contributed by atoms with Crippen LogP contribution < -0.4 is 19.2 Å². The lowest BCUT2D eigenvalue weighted by Crippen LogP contribution is -2.32. The summed E-state index contributed by atoms with van der Waals surface area (Å²) in [5.41, 5.74) is 4.40. The minimum absolute atomic E-state index is 0.0910. The summed E-state index contributed by atoms with van der Waals surface area (Å²) in [6.07, 6.45) is 4.23. The lowest BCUT2D eigenvalue weighted by atomic mass is 10.1. The Morgan fingerprint density at radius 3 is 2.44 bits per heavy atom. The van der Waals surface area contributed by atoms with Gasteiger partial charge < -0.3 is 9.47 Å². The number of anilines is 1. The number of hydrogen-bond acceptors (Lipinski definition) is 6. The molecular formula is C27H29N3O5S. The van der Waals surface area contributed by atoms with E-state index in [4.69, 9.17) is 9.47 Å². The van der Waals surface area contributed by atoms with E-state index in [1.165, 1.54) is 10.5 Å². The van der Waals surface area contributed by atoms with Crippen LogP contribution in [0.2, 0.25) is 0 Å². The number of ether oxygens (including phenoxy) is 2. The minimum Gasteiger partial charge on any atom is -0.490 e.